The van der Waals surface area contributed by atoms with E-state index in [0.29, 0.717) is 25.9 Å². The van der Waals surface area contributed by atoms with E-state index >= 15 is 0 Å². The molecule has 4 nitrogen and oxygen atoms in total. The van der Waals surface area contributed by atoms with Crippen molar-refractivity contribution in [2.45, 2.75) is 59.4 Å². The second-order valence-corrected chi connectivity index (χ2v) is 6.80. The summed E-state index contributed by atoms with van der Waals surface area (Å²) in [7, 11) is 2.02. The predicted octanol–water partition coefficient (Wildman–Crippen LogP) is 4.43. The van der Waals surface area contributed by atoms with Gasteiger partial charge in [-0.15, -0.1) is 0 Å². The van der Waals surface area contributed by atoms with Gasteiger partial charge in [-0.3, -0.25) is 4.79 Å². The number of nitrogens with zero attached hydrogens (tertiary/aromatic N) is 1. The molecule has 1 aromatic rings. The lowest BCUT2D eigenvalue weighted by Gasteiger charge is -2.28. The molecule has 142 valence electrons. The van der Waals surface area contributed by atoms with Gasteiger partial charge in [0, 0.05) is 32.4 Å². The van der Waals surface area contributed by atoms with Gasteiger partial charge in [0.15, 0.2) is 0 Å². The maximum absolute atomic E-state index is 13.7. The van der Waals surface area contributed by atoms with E-state index in [2.05, 4.69) is 17.1 Å². The molecule has 0 aliphatic heterocycles. The van der Waals surface area contributed by atoms with E-state index in [1.54, 1.807) is 6.07 Å². The number of hydrogen-bond acceptors (Lipinski definition) is 3. The Kier molecular flexibility index (Phi) is 8.90. The highest BCUT2D eigenvalue weighted by atomic mass is 19.1. The van der Waals surface area contributed by atoms with Crippen LogP contribution >= 0.6 is 0 Å². The van der Waals surface area contributed by atoms with Crippen molar-refractivity contribution >= 4 is 11.7 Å². The number of hydrogen-bond donors (Lipinski definition) is 2. The van der Waals surface area contributed by atoms with Crippen molar-refractivity contribution in [3.8, 4) is 0 Å². The predicted molar refractivity (Wildman–Crippen MR) is 102 cm³/mol. The van der Waals surface area contributed by atoms with Crippen LogP contribution in [0, 0.1) is 11.2 Å². The number of benzene rings is 1. The van der Waals surface area contributed by atoms with Gasteiger partial charge in [0.05, 0.1) is 5.41 Å². The topological polar surface area (TPSA) is 52.6 Å². The largest absolute Gasteiger partial charge is 0.481 e. The summed E-state index contributed by atoms with van der Waals surface area (Å²) < 4.78 is 13.7. The van der Waals surface area contributed by atoms with Crippen molar-refractivity contribution in [1.82, 2.24) is 5.32 Å². The molecule has 5 heteroatoms. The van der Waals surface area contributed by atoms with E-state index in [1.165, 1.54) is 12.5 Å². The molecule has 2 N–H and O–H groups in total. The highest BCUT2D eigenvalue weighted by Crippen LogP contribution is 2.27. The molecule has 0 spiro atoms. The second-order valence-electron chi connectivity index (χ2n) is 6.80. The van der Waals surface area contributed by atoms with Crippen molar-refractivity contribution in [1.29, 1.82) is 0 Å². The SMILES string of the molecule is CCCCCN(C)c1ccc(F)cc1CNCC(CC)(CC)C(=O)O. The summed E-state index contributed by atoms with van der Waals surface area (Å²) in [5.74, 6) is -1.04. The molecule has 0 unspecified atom stereocenters. The van der Waals surface area contributed by atoms with E-state index in [-0.39, 0.29) is 5.82 Å². The van der Waals surface area contributed by atoms with Crippen LogP contribution < -0.4 is 10.2 Å². The minimum absolute atomic E-state index is 0.266. The Morgan fingerprint density at radius 1 is 1.24 bits per heavy atom. The van der Waals surface area contributed by atoms with Crippen LogP contribution in [0.2, 0.25) is 0 Å². The van der Waals surface area contributed by atoms with E-state index in [9.17, 15) is 14.3 Å². The highest BCUT2D eigenvalue weighted by molar-refractivity contribution is 5.74. The fraction of sp³-hybridized carbons (Fsp3) is 0.650. The molecule has 0 atom stereocenters. The van der Waals surface area contributed by atoms with Crippen molar-refractivity contribution in [3.63, 3.8) is 0 Å². The van der Waals surface area contributed by atoms with Gasteiger partial charge in [0.1, 0.15) is 5.82 Å². The fourth-order valence-electron chi connectivity index (χ4n) is 3.10. The summed E-state index contributed by atoms with van der Waals surface area (Å²) >= 11 is 0. The third-order valence-electron chi connectivity index (χ3n) is 5.14. The van der Waals surface area contributed by atoms with Crippen molar-refractivity contribution in [2.24, 2.45) is 5.41 Å². The molecular weight excluding hydrogens is 319 g/mol. The van der Waals surface area contributed by atoms with Crippen LogP contribution in [0.15, 0.2) is 18.2 Å². The molecule has 0 saturated carbocycles. The number of carbonyl (C=O) groups is 1. The second kappa shape index (κ2) is 10.4. The van der Waals surface area contributed by atoms with Crippen LogP contribution in [0.5, 0.6) is 0 Å². The molecule has 0 bridgehead atoms. The first-order chi connectivity index (χ1) is 11.9. The molecule has 0 aliphatic rings. The molecule has 0 amide bonds. The van der Waals surface area contributed by atoms with Crippen molar-refractivity contribution < 1.29 is 14.3 Å². The molecule has 0 radical (unpaired) electrons. The average molecular weight is 352 g/mol. The third-order valence-corrected chi connectivity index (χ3v) is 5.14. The Morgan fingerprint density at radius 3 is 2.48 bits per heavy atom. The summed E-state index contributed by atoms with van der Waals surface area (Å²) in [6, 6.07) is 4.83. The number of anilines is 1. The van der Waals surface area contributed by atoms with Crippen molar-refractivity contribution in [2.75, 3.05) is 25.0 Å². The van der Waals surface area contributed by atoms with Gasteiger partial charge < -0.3 is 15.3 Å². The van der Waals surface area contributed by atoms with Crippen LogP contribution in [0.4, 0.5) is 10.1 Å². The first kappa shape index (κ1) is 21.4. The number of aliphatic carboxylic acids is 1. The molecule has 1 aromatic carbocycles. The average Bonchev–Trinajstić information content (AvgIpc) is 2.59. The van der Waals surface area contributed by atoms with Gasteiger partial charge in [-0.2, -0.15) is 0 Å². The fourth-order valence-corrected chi connectivity index (χ4v) is 3.10. The standard InChI is InChI=1S/C20H33FN2O2/c1-5-8-9-12-23(4)18-11-10-17(21)13-16(18)14-22-15-20(6-2,7-3)19(24)25/h10-11,13,22H,5-9,12,14-15H2,1-4H3,(H,24,25). The smallest absolute Gasteiger partial charge is 0.310 e. The van der Waals surface area contributed by atoms with Gasteiger partial charge in [0.25, 0.3) is 0 Å². The minimum atomic E-state index is -0.777. The van der Waals surface area contributed by atoms with E-state index < -0.39 is 11.4 Å². The third kappa shape index (κ3) is 5.99. The lowest BCUT2D eigenvalue weighted by Crippen LogP contribution is -2.40. The van der Waals surface area contributed by atoms with Gasteiger partial charge in [-0.25, -0.2) is 4.39 Å². The van der Waals surface area contributed by atoms with Crippen molar-refractivity contribution in [3.05, 3.63) is 29.6 Å². The minimum Gasteiger partial charge on any atom is -0.481 e. The number of carboxylic acids is 1. The number of unbranched alkanes of at least 4 members (excludes halogenated alkanes) is 2. The zero-order chi connectivity index (χ0) is 18.9. The van der Waals surface area contributed by atoms with Gasteiger partial charge in [-0.1, -0.05) is 33.6 Å². The van der Waals surface area contributed by atoms with Crippen LogP contribution in [-0.4, -0.2) is 31.2 Å². The summed E-state index contributed by atoms with van der Waals surface area (Å²) in [6.07, 6.45) is 4.58. The first-order valence-corrected chi connectivity index (χ1v) is 9.33. The van der Waals surface area contributed by atoms with Crippen LogP contribution in [0.1, 0.15) is 58.4 Å². The number of nitrogens with one attached hydrogen (secondary N) is 1. The van der Waals surface area contributed by atoms with E-state index in [1.807, 2.05) is 27.0 Å². The maximum atomic E-state index is 13.7. The van der Waals surface area contributed by atoms with Crippen LogP contribution in [0.3, 0.4) is 0 Å². The number of halogens is 1. The quantitative estimate of drug-likeness (QED) is 0.546. The molecule has 0 aliphatic carbocycles. The molecule has 0 heterocycles. The normalized spacial score (nSPS) is 11.6. The zero-order valence-corrected chi connectivity index (χ0v) is 16.1. The molecular formula is C20H33FN2O2. The van der Waals surface area contributed by atoms with E-state index in [0.717, 1.165) is 30.6 Å². The lowest BCUT2D eigenvalue weighted by atomic mass is 9.82. The summed E-state index contributed by atoms with van der Waals surface area (Å²) in [4.78, 5) is 13.7. The van der Waals surface area contributed by atoms with Crippen LogP contribution in [0.25, 0.3) is 0 Å². The van der Waals surface area contributed by atoms with Gasteiger partial charge >= 0.3 is 5.97 Å². The zero-order valence-electron chi connectivity index (χ0n) is 16.1. The Hall–Kier alpha value is -1.62. The Labute approximate surface area is 151 Å². The monoisotopic (exact) mass is 352 g/mol. The van der Waals surface area contributed by atoms with Gasteiger partial charge in [0.2, 0.25) is 0 Å². The van der Waals surface area contributed by atoms with E-state index in [4.69, 9.17) is 0 Å². The summed E-state index contributed by atoms with van der Waals surface area (Å²) in [5.41, 5.74) is 1.10. The Morgan fingerprint density at radius 2 is 1.92 bits per heavy atom. The molecule has 1 rings (SSSR count). The lowest BCUT2D eigenvalue weighted by molar-refractivity contribution is -0.149. The number of rotatable bonds is 12. The Balaban J connectivity index is 2.80. The maximum Gasteiger partial charge on any atom is 0.310 e. The Bertz CT molecular complexity index is 544. The summed E-state index contributed by atoms with van der Waals surface area (Å²) in [5, 5.41) is 12.8. The summed E-state index contributed by atoms with van der Waals surface area (Å²) in [6.45, 7) is 7.73. The molecule has 0 saturated heterocycles. The molecule has 0 aromatic heterocycles. The highest BCUT2D eigenvalue weighted by Gasteiger charge is 2.34. The van der Waals surface area contributed by atoms with Gasteiger partial charge in [-0.05, 0) is 43.0 Å². The van der Waals surface area contributed by atoms with Crippen LogP contribution in [-0.2, 0) is 11.3 Å². The molecule has 25 heavy (non-hydrogen) atoms. The first-order valence-electron chi connectivity index (χ1n) is 9.33. The number of carboxylic acid groups (broad SMARTS) is 1. The molecule has 0 fully saturated rings.